The van der Waals surface area contributed by atoms with Crippen LogP contribution in [0, 0.1) is 6.92 Å². The van der Waals surface area contributed by atoms with E-state index < -0.39 is 9.84 Å². The summed E-state index contributed by atoms with van der Waals surface area (Å²) < 4.78 is 23.8. The highest BCUT2D eigenvalue weighted by Gasteiger charge is 2.38. The number of aryl methyl sites for hydroxylation is 1. The highest BCUT2D eigenvalue weighted by Crippen LogP contribution is 2.21. The van der Waals surface area contributed by atoms with Crippen LogP contribution in [-0.2, 0) is 14.6 Å². The van der Waals surface area contributed by atoms with E-state index in [0.29, 0.717) is 13.0 Å². The third-order valence-electron chi connectivity index (χ3n) is 6.28. The third kappa shape index (κ3) is 4.87. The first-order valence-electron chi connectivity index (χ1n) is 10.5. The monoisotopic (exact) mass is 408 g/mol. The van der Waals surface area contributed by atoms with E-state index in [1.54, 1.807) is 0 Å². The van der Waals surface area contributed by atoms with Crippen LogP contribution in [0.4, 0.5) is 5.69 Å². The molecule has 2 aliphatic rings. The summed E-state index contributed by atoms with van der Waals surface area (Å²) in [6.45, 7) is 10.4. The number of rotatable bonds is 6. The molecule has 156 valence electrons. The van der Waals surface area contributed by atoms with E-state index in [0.717, 1.165) is 32.6 Å². The average molecular weight is 409 g/mol. The van der Waals surface area contributed by atoms with Crippen molar-refractivity contribution in [3.05, 3.63) is 29.8 Å². The summed E-state index contributed by atoms with van der Waals surface area (Å²) in [4.78, 5) is 18.7. The Balaban J connectivity index is 1.59. The van der Waals surface area contributed by atoms with Crippen LogP contribution in [0.5, 0.6) is 0 Å². The molecule has 2 saturated heterocycles. The number of quaternary nitrogens is 1. The minimum atomic E-state index is -3.00. The Hall–Kier alpha value is -1.60. The molecule has 28 heavy (non-hydrogen) atoms. The van der Waals surface area contributed by atoms with E-state index in [-0.39, 0.29) is 29.5 Å². The van der Waals surface area contributed by atoms with E-state index in [9.17, 15) is 13.2 Å². The third-order valence-corrected chi connectivity index (χ3v) is 8.03. The van der Waals surface area contributed by atoms with Crippen LogP contribution < -0.4 is 9.80 Å². The number of anilines is 1. The lowest BCUT2D eigenvalue weighted by molar-refractivity contribution is -0.892. The maximum atomic E-state index is 13.1. The molecule has 0 aromatic heterocycles. The quantitative estimate of drug-likeness (QED) is 0.745. The van der Waals surface area contributed by atoms with Crippen molar-refractivity contribution in [3.63, 3.8) is 0 Å². The van der Waals surface area contributed by atoms with Gasteiger partial charge >= 0.3 is 0 Å². The van der Waals surface area contributed by atoms with Crippen LogP contribution in [0.25, 0.3) is 0 Å². The van der Waals surface area contributed by atoms with Crippen LogP contribution in [0.15, 0.2) is 24.3 Å². The molecule has 1 N–H and O–H groups in total. The van der Waals surface area contributed by atoms with Gasteiger partial charge in [-0.15, -0.1) is 0 Å². The lowest BCUT2D eigenvalue weighted by Gasteiger charge is -2.37. The molecular formula is C21H34N3O3S+. The van der Waals surface area contributed by atoms with E-state index in [2.05, 4.69) is 43.0 Å². The van der Waals surface area contributed by atoms with Crippen molar-refractivity contribution >= 4 is 21.4 Å². The van der Waals surface area contributed by atoms with Gasteiger partial charge in [0.1, 0.15) is 0 Å². The molecule has 2 atom stereocenters. The molecule has 1 aromatic carbocycles. The van der Waals surface area contributed by atoms with Crippen molar-refractivity contribution in [1.29, 1.82) is 0 Å². The van der Waals surface area contributed by atoms with Crippen molar-refractivity contribution in [2.45, 2.75) is 45.7 Å². The fraction of sp³-hybridized carbons (Fsp3) is 0.667. The molecule has 1 aromatic rings. The summed E-state index contributed by atoms with van der Waals surface area (Å²) in [6, 6.07) is 8.36. The second-order valence-corrected chi connectivity index (χ2v) is 10.5. The molecule has 0 unspecified atom stereocenters. The first kappa shape index (κ1) is 21.1. The molecular weight excluding hydrogens is 374 g/mol. The maximum Gasteiger partial charge on any atom is 0.278 e. The lowest BCUT2D eigenvalue weighted by Crippen LogP contribution is -3.16. The normalized spacial score (nSPS) is 23.5. The van der Waals surface area contributed by atoms with E-state index in [1.165, 1.54) is 16.2 Å². The Morgan fingerprint density at radius 2 is 1.96 bits per heavy atom. The number of nitrogens with one attached hydrogen (secondary N) is 1. The summed E-state index contributed by atoms with van der Waals surface area (Å²) in [5.41, 5.74) is 2.57. The fourth-order valence-corrected chi connectivity index (χ4v) is 6.18. The van der Waals surface area contributed by atoms with Gasteiger partial charge < -0.3 is 14.7 Å². The molecule has 0 saturated carbocycles. The number of amides is 1. The van der Waals surface area contributed by atoms with Gasteiger partial charge in [0, 0.05) is 17.8 Å². The van der Waals surface area contributed by atoms with Crippen molar-refractivity contribution in [2.24, 2.45) is 0 Å². The molecule has 0 radical (unpaired) electrons. The van der Waals surface area contributed by atoms with Crippen molar-refractivity contribution in [2.75, 3.05) is 49.1 Å². The summed E-state index contributed by atoms with van der Waals surface area (Å²) >= 11 is 0. The molecule has 2 fully saturated rings. The number of piperazine rings is 1. The number of carbonyl (C=O) groups is 1. The summed E-state index contributed by atoms with van der Waals surface area (Å²) in [7, 11) is -3.00. The molecule has 3 rings (SSSR count). The summed E-state index contributed by atoms with van der Waals surface area (Å²) in [6.07, 6.45) is 1.42. The van der Waals surface area contributed by atoms with Crippen LogP contribution in [0.3, 0.4) is 0 Å². The summed E-state index contributed by atoms with van der Waals surface area (Å²) in [5.74, 6) is 0.440. The number of benzene rings is 1. The van der Waals surface area contributed by atoms with Gasteiger partial charge in [0.15, 0.2) is 16.4 Å². The minimum Gasteiger partial charge on any atom is -0.360 e. The highest BCUT2D eigenvalue weighted by molar-refractivity contribution is 7.91. The van der Waals surface area contributed by atoms with Crippen molar-refractivity contribution in [3.8, 4) is 0 Å². The van der Waals surface area contributed by atoms with Gasteiger partial charge in [0.25, 0.3) is 5.91 Å². The Kier molecular flexibility index (Phi) is 6.65. The zero-order valence-electron chi connectivity index (χ0n) is 17.4. The lowest BCUT2D eigenvalue weighted by atomic mass is 10.1. The van der Waals surface area contributed by atoms with Gasteiger partial charge in [-0.2, -0.15) is 0 Å². The number of sulfone groups is 1. The number of carbonyl (C=O) groups excluding carboxylic acids is 1. The van der Waals surface area contributed by atoms with E-state index in [1.807, 2.05) is 11.8 Å². The Morgan fingerprint density at radius 3 is 2.54 bits per heavy atom. The van der Waals surface area contributed by atoms with Gasteiger partial charge in [0.05, 0.1) is 37.7 Å². The smallest absolute Gasteiger partial charge is 0.278 e. The van der Waals surface area contributed by atoms with Gasteiger partial charge in [-0.3, -0.25) is 4.79 Å². The second kappa shape index (κ2) is 8.82. The molecule has 6 nitrogen and oxygen atoms in total. The first-order valence-corrected chi connectivity index (χ1v) is 12.3. The molecule has 0 spiro atoms. The van der Waals surface area contributed by atoms with Crippen LogP contribution in [0.1, 0.15) is 32.3 Å². The predicted octanol–water partition coefficient (Wildman–Crippen LogP) is 0.514. The Morgan fingerprint density at radius 1 is 1.29 bits per heavy atom. The number of hydrogen-bond donors (Lipinski definition) is 1. The minimum absolute atomic E-state index is 0.0819. The molecule has 2 aliphatic heterocycles. The summed E-state index contributed by atoms with van der Waals surface area (Å²) in [5, 5.41) is 0. The number of para-hydroxylation sites is 1. The zero-order valence-corrected chi connectivity index (χ0v) is 18.2. The van der Waals surface area contributed by atoms with E-state index >= 15 is 0 Å². The van der Waals surface area contributed by atoms with Gasteiger partial charge in [-0.1, -0.05) is 25.1 Å². The molecule has 1 amide bonds. The highest BCUT2D eigenvalue weighted by atomic mass is 32.2. The van der Waals surface area contributed by atoms with Gasteiger partial charge in [-0.25, -0.2) is 8.42 Å². The largest absolute Gasteiger partial charge is 0.360 e. The number of nitrogens with zero attached hydrogens (tertiary/aromatic N) is 2. The Labute approximate surface area is 169 Å². The van der Waals surface area contributed by atoms with Crippen LogP contribution >= 0.6 is 0 Å². The van der Waals surface area contributed by atoms with Gasteiger partial charge in [0.2, 0.25) is 0 Å². The van der Waals surface area contributed by atoms with Crippen LogP contribution in [0.2, 0.25) is 0 Å². The van der Waals surface area contributed by atoms with Crippen LogP contribution in [-0.4, -0.2) is 75.5 Å². The van der Waals surface area contributed by atoms with E-state index in [4.69, 9.17) is 0 Å². The topological polar surface area (TPSA) is 62.1 Å². The predicted molar refractivity (Wildman–Crippen MR) is 113 cm³/mol. The fourth-order valence-electron chi connectivity index (χ4n) is 4.46. The number of hydrogen-bond acceptors (Lipinski definition) is 4. The van der Waals surface area contributed by atoms with Crippen molar-refractivity contribution < 1.29 is 18.1 Å². The maximum absolute atomic E-state index is 13.1. The van der Waals surface area contributed by atoms with Crippen molar-refractivity contribution in [1.82, 2.24) is 4.90 Å². The zero-order chi connectivity index (χ0) is 20.3. The van der Waals surface area contributed by atoms with Gasteiger partial charge in [-0.05, 0) is 38.3 Å². The SMILES string of the molecule is CC[C@H](C)N(C(=O)C[NH+]1CCN(c2ccccc2C)CC1)[C@@H]1CCS(=O)(=O)C1. The standard InChI is InChI=1S/C21H33N3O3S/c1-4-18(3)24(19-9-14-28(26,27)16-19)21(25)15-22-10-12-23(13-11-22)20-8-6-5-7-17(20)2/h5-8,18-19H,4,9-16H2,1-3H3/p+1/t18-,19+/m0/s1. The average Bonchev–Trinajstić information content (AvgIpc) is 3.02. The molecule has 0 bridgehead atoms. The first-order chi connectivity index (χ1) is 13.3. The molecule has 2 heterocycles. The molecule has 7 heteroatoms. The Bertz CT molecular complexity index is 788. The molecule has 0 aliphatic carbocycles. The second-order valence-electron chi connectivity index (χ2n) is 8.32.